The van der Waals surface area contributed by atoms with E-state index in [4.69, 9.17) is 10.5 Å². The monoisotopic (exact) mass is 278 g/mol. The number of ether oxygens (including phenoxy) is 1. The topological polar surface area (TPSA) is 73.4 Å². The number of carbonyl (C=O) groups is 1. The van der Waals surface area contributed by atoms with Gasteiger partial charge in [-0.15, -0.1) is 0 Å². The van der Waals surface area contributed by atoms with Crippen LogP contribution in [0.1, 0.15) is 54.9 Å². The summed E-state index contributed by atoms with van der Waals surface area (Å²) in [6.45, 7) is 1.87. The number of nitrogen functional groups attached to an aromatic ring is 1. The molecule has 1 aliphatic heterocycles. The predicted molar refractivity (Wildman–Crippen MR) is 76.9 cm³/mol. The van der Waals surface area contributed by atoms with Crippen molar-refractivity contribution in [3.8, 4) is 0 Å². The van der Waals surface area contributed by atoms with E-state index in [1.165, 1.54) is 20.0 Å². The lowest BCUT2D eigenvalue weighted by Crippen LogP contribution is -2.21. The Bertz CT molecular complexity index is 500. The van der Waals surface area contributed by atoms with Gasteiger partial charge in [0.15, 0.2) is 5.82 Å². The van der Waals surface area contributed by atoms with Crippen LogP contribution in [0.25, 0.3) is 0 Å². The zero-order valence-corrected chi connectivity index (χ0v) is 12.0. The summed E-state index contributed by atoms with van der Waals surface area (Å²) in [5, 5.41) is 4.66. The molecule has 2 heterocycles. The first-order chi connectivity index (χ1) is 9.72. The number of hydrogen-bond acceptors (Lipinski definition) is 5. The Kier molecular flexibility index (Phi) is 3.54. The van der Waals surface area contributed by atoms with Crippen molar-refractivity contribution < 1.29 is 9.53 Å². The Hall–Kier alpha value is -1.72. The van der Waals surface area contributed by atoms with Crippen molar-refractivity contribution >= 4 is 17.6 Å². The molecule has 1 aromatic rings. The Balaban J connectivity index is 2.01. The van der Waals surface area contributed by atoms with Gasteiger partial charge in [-0.05, 0) is 25.7 Å². The van der Waals surface area contributed by atoms with Crippen LogP contribution >= 0.6 is 0 Å². The SMILES string of the molecule is COC(=O)c1c(N2CCCC2)nn(C2CCCC2)c1N. The normalized spacial score (nSPS) is 19.8. The maximum Gasteiger partial charge on any atom is 0.345 e. The average molecular weight is 278 g/mol. The molecular formula is C14H22N4O2. The summed E-state index contributed by atoms with van der Waals surface area (Å²) in [5.74, 6) is 0.790. The van der Waals surface area contributed by atoms with Gasteiger partial charge < -0.3 is 15.4 Å². The van der Waals surface area contributed by atoms with Gasteiger partial charge >= 0.3 is 5.97 Å². The van der Waals surface area contributed by atoms with Crippen molar-refractivity contribution in [2.45, 2.75) is 44.6 Å². The fraction of sp³-hybridized carbons (Fsp3) is 0.714. The van der Waals surface area contributed by atoms with E-state index >= 15 is 0 Å². The number of aromatic nitrogens is 2. The van der Waals surface area contributed by atoms with Gasteiger partial charge in [-0.2, -0.15) is 5.10 Å². The number of methoxy groups -OCH3 is 1. The molecule has 6 nitrogen and oxygen atoms in total. The minimum Gasteiger partial charge on any atom is -0.465 e. The molecule has 0 bridgehead atoms. The summed E-state index contributed by atoms with van der Waals surface area (Å²) in [7, 11) is 1.39. The summed E-state index contributed by atoms with van der Waals surface area (Å²) < 4.78 is 6.75. The fourth-order valence-corrected chi connectivity index (χ4v) is 3.31. The number of hydrogen-bond donors (Lipinski definition) is 1. The van der Waals surface area contributed by atoms with Gasteiger partial charge in [-0.25, -0.2) is 9.48 Å². The first-order valence-electron chi connectivity index (χ1n) is 7.43. The third-order valence-electron chi connectivity index (χ3n) is 4.39. The second-order valence-electron chi connectivity index (χ2n) is 5.65. The molecule has 110 valence electrons. The van der Waals surface area contributed by atoms with Crippen molar-refractivity contribution in [2.24, 2.45) is 0 Å². The molecule has 1 saturated heterocycles. The van der Waals surface area contributed by atoms with Crippen molar-refractivity contribution in [2.75, 3.05) is 30.8 Å². The van der Waals surface area contributed by atoms with E-state index in [0.717, 1.165) is 38.8 Å². The van der Waals surface area contributed by atoms with Crippen molar-refractivity contribution in [1.82, 2.24) is 9.78 Å². The van der Waals surface area contributed by atoms with Gasteiger partial charge in [0.1, 0.15) is 11.4 Å². The van der Waals surface area contributed by atoms with E-state index in [-0.39, 0.29) is 5.97 Å². The van der Waals surface area contributed by atoms with Crippen LogP contribution < -0.4 is 10.6 Å². The molecule has 1 aromatic heterocycles. The third-order valence-corrected chi connectivity index (χ3v) is 4.39. The minimum atomic E-state index is -0.381. The minimum absolute atomic E-state index is 0.328. The molecule has 0 aromatic carbocycles. The molecule has 1 aliphatic carbocycles. The molecule has 0 spiro atoms. The highest BCUT2D eigenvalue weighted by molar-refractivity contribution is 5.99. The number of nitrogens with zero attached hydrogens (tertiary/aromatic N) is 3. The molecule has 6 heteroatoms. The molecule has 0 amide bonds. The van der Waals surface area contributed by atoms with Crippen LogP contribution in [0.15, 0.2) is 0 Å². The largest absolute Gasteiger partial charge is 0.465 e. The number of carbonyl (C=O) groups excluding carboxylic acids is 1. The molecule has 0 radical (unpaired) electrons. The van der Waals surface area contributed by atoms with E-state index in [0.29, 0.717) is 23.2 Å². The van der Waals surface area contributed by atoms with Crippen LogP contribution in [0, 0.1) is 0 Å². The van der Waals surface area contributed by atoms with Gasteiger partial charge in [-0.3, -0.25) is 0 Å². The zero-order valence-electron chi connectivity index (χ0n) is 12.0. The van der Waals surface area contributed by atoms with Crippen LogP contribution in [0.5, 0.6) is 0 Å². The van der Waals surface area contributed by atoms with Gasteiger partial charge in [0.25, 0.3) is 0 Å². The lowest BCUT2D eigenvalue weighted by atomic mass is 10.2. The Morgan fingerprint density at radius 2 is 1.90 bits per heavy atom. The Labute approximate surface area is 118 Å². The Morgan fingerprint density at radius 1 is 1.25 bits per heavy atom. The molecule has 3 rings (SSSR count). The van der Waals surface area contributed by atoms with Gasteiger partial charge in [-0.1, -0.05) is 12.8 Å². The second-order valence-corrected chi connectivity index (χ2v) is 5.65. The summed E-state index contributed by atoms with van der Waals surface area (Å²) in [4.78, 5) is 14.2. The lowest BCUT2D eigenvalue weighted by molar-refractivity contribution is 0.0602. The summed E-state index contributed by atoms with van der Waals surface area (Å²) in [6, 6.07) is 0.328. The van der Waals surface area contributed by atoms with Crippen molar-refractivity contribution in [1.29, 1.82) is 0 Å². The number of anilines is 2. The van der Waals surface area contributed by atoms with Crippen LogP contribution in [0.4, 0.5) is 11.6 Å². The number of nitrogens with two attached hydrogens (primary N) is 1. The first kappa shape index (κ1) is 13.3. The molecule has 20 heavy (non-hydrogen) atoms. The summed E-state index contributed by atoms with van der Waals surface area (Å²) >= 11 is 0. The highest BCUT2D eigenvalue weighted by Crippen LogP contribution is 2.36. The first-order valence-corrected chi connectivity index (χ1v) is 7.43. The quantitative estimate of drug-likeness (QED) is 0.856. The van der Waals surface area contributed by atoms with E-state index in [9.17, 15) is 4.79 Å². The highest BCUT2D eigenvalue weighted by Gasteiger charge is 2.31. The van der Waals surface area contributed by atoms with Gasteiger partial charge in [0, 0.05) is 13.1 Å². The van der Waals surface area contributed by atoms with E-state index < -0.39 is 0 Å². The summed E-state index contributed by atoms with van der Waals surface area (Å²) in [6.07, 6.45) is 6.86. The fourth-order valence-electron chi connectivity index (χ4n) is 3.31. The summed E-state index contributed by atoms with van der Waals surface area (Å²) in [5.41, 5.74) is 6.65. The molecule has 2 N–H and O–H groups in total. The molecule has 0 atom stereocenters. The van der Waals surface area contributed by atoms with Gasteiger partial charge in [0.2, 0.25) is 0 Å². The number of esters is 1. The van der Waals surface area contributed by atoms with E-state index in [1.54, 1.807) is 0 Å². The van der Waals surface area contributed by atoms with E-state index in [1.807, 2.05) is 4.68 Å². The van der Waals surface area contributed by atoms with Gasteiger partial charge in [0.05, 0.1) is 13.2 Å². The van der Waals surface area contributed by atoms with Crippen molar-refractivity contribution in [3.63, 3.8) is 0 Å². The van der Waals surface area contributed by atoms with E-state index in [2.05, 4.69) is 10.00 Å². The molecule has 1 saturated carbocycles. The molecule has 2 aliphatic rings. The van der Waals surface area contributed by atoms with Crippen LogP contribution in [0.2, 0.25) is 0 Å². The molecule has 0 unspecified atom stereocenters. The second kappa shape index (κ2) is 5.34. The smallest absolute Gasteiger partial charge is 0.345 e. The lowest BCUT2D eigenvalue weighted by Gasteiger charge is -2.15. The van der Waals surface area contributed by atoms with Crippen molar-refractivity contribution in [3.05, 3.63) is 5.56 Å². The Morgan fingerprint density at radius 3 is 2.50 bits per heavy atom. The third kappa shape index (κ3) is 2.13. The average Bonchev–Trinajstić information content (AvgIpc) is 3.17. The molecular weight excluding hydrogens is 256 g/mol. The van der Waals surface area contributed by atoms with Crippen LogP contribution in [-0.4, -0.2) is 35.9 Å². The predicted octanol–water partition coefficient (Wildman–Crippen LogP) is 1.97. The highest BCUT2D eigenvalue weighted by atomic mass is 16.5. The molecule has 2 fully saturated rings. The van der Waals surface area contributed by atoms with Crippen LogP contribution in [0.3, 0.4) is 0 Å². The standard InChI is InChI=1S/C14H22N4O2/c1-20-14(19)11-12(15)18(10-6-2-3-7-10)16-13(11)17-8-4-5-9-17/h10H,2-9,15H2,1H3. The maximum atomic E-state index is 12.1. The maximum absolute atomic E-state index is 12.1. The number of rotatable bonds is 3. The zero-order chi connectivity index (χ0) is 14.1. The van der Waals surface area contributed by atoms with Crippen LogP contribution in [-0.2, 0) is 4.74 Å².